The molecule has 0 bridgehead atoms. The van der Waals surface area contributed by atoms with Gasteiger partial charge in [0, 0.05) is 67.5 Å². The maximum atomic E-state index is 13.7. The molecular weight excluding hydrogens is 757 g/mol. The molecule has 0 heterocycles. The number of carbonyl (C=O) groups is 5. The standard InChI is InChI=1S/C48H38N6O6/c55-43(31-10-4-1-5-11-31)49-37-16-22-40(23-17-37)52-46(58)34-28-35(47(59)53-41-24-18-38(19-25-41)50-44(56)32-12-6-2-7-13-32)30-36(29-34)48(60)54-42-26-20-39(21-27-42)51-45(57)33-14-8-3-9-15-33/h1-30,46,52,58H,(H,49,55)(H,50,56)(H,51,57)(H,53,59)(H,54,60). The first-order valence-electron chi connectivity index (χ1n) is 18.8. The van der Waals surface area contributed by atoms with Crippen LogP contribution in [0.4, 0.5) is 34.1 Å². The van der Waals surface area contributed by atoms with Gasteiger partial charge in [0.25, 0.3) is 29.5 Å². The van der Waals surface area contributed by atoms with Crippen LogP contribution in [0.15, 0.2) is 182 Å². The predicted octanol–water partition coefficient (Wildman–Crippen LogP) is 9.05. The van der Waals surface area contributed by atoms with Crippen molar-refractivity contribution in [3.05, 3.63) is 215 Å². The molecule has 60 heavy (non-hydrogen) atoms. The molecule has 12 heteroatoms. The number of rotatable bonds is 13. The molecule has 0 spiro atoms. The Kier molecular flexibility index (Phi) is 12.4. The van der Waals surface area contributed by atoms with Crippen LogP contribution in [0.5, 0.6) is 0 Å². The van der Waals surface area contributed by atoms with E-state index in [1.807, 2.05) is 18.2 Å². The monoisotopic (exact) mass is 794 g/mol. The van der Waals surface area contributed by atoms with Gasteiger partial charge in [-0.05, 0) is 127 Å². The normalized spacial score (nSPS) is 11.0. The van der Waals surface area contributed by atoms with Gasteiger partial charge in [-0.25, -0.2) is 0 Å². The molecular formula is C48H38N6O6. The van der Waals surface area contributed by atoms with Crippen LogP contribution in [0.2, 0.25) is 0 Å². The molecule has 296 valence electrons. The van der Waals surface area contributed by atoms with E-state index >= 15 is 0 Å². The van der Waals surface area contributed by atoms with Crippen LogP contribution in [-0.2, 0) is 0 Å². The molecule has 1 atom stereocenters. The number of aliphatic hydroxyl groups excluding tert-OH is 1. The summed E-state index contributed by atoms with van der Waals surface area (Å²) in [7, 11) is 0. The zero-order valence-electron chi connectivity index (χ0n) is 31.9. The highest BCUT2D eigenvalue weighted by Crippen LogP contribution is 2.25. The number of hydrogen-bond donors (Lipinski definition) is 7. The van der Waals surface area contributed by atoms with Gasteiger partial charge in [0.2, 0.25) is 0 Å². The first-order chi connectivity index (χ1) is 29.2. The molecule has 5 amide bonds. The molecule has 7 aromatic carbocycles. The van der Waals surface area contributed by atoms with Crippen LogP contribution in [-0.4, -0.2) is 34.6 Å². The fraction of sp³-hybridized carbons (Fsp3) is 0.0208. The van der Waals surface area contributed by atoms with Crippen LogP contribution in [0.25, 0.3) is 0 Å². The van der Waals surface area contributed by atoms with Crippen molar-refractivity contribution in [2.24, 2.45) is 0 Å². The number of hydrogen-bond acceptors (Lipinski definition) is 7. The number of nitrogens with one attached hydrogen (secondary N) is 6. The van der Waals surface area contributed by atoms with Crippen LogP contribution in [0.3, 0.4) is 0 Å². The molecule has 7 aromatic rings. The fourth-order valence-corrected chi connectivity index (χ4v) is 6.02. The van der Waals surface area contributed by atoms with Gasteiger partial charge < -0.3 is 37.0 Å². The first kappa shape index (κ1) is 39.9. The Labute approximate surface area is 345 Å². The third-order valence-electron chi connectivity index (χ3n) is 9.15. The Bertz CT molecular complexity index is 2490. The second-order valence-electron chi connectivity index (χ2n) is 13.5. The summed E-state index contributed by atoms with van der Waals surface area (Å²) in [5, 5.41) is 28.5. The minimum Gasteiger partial charge on any atom is -0.369 e. The van der Waals surface area contributed by atoms with Gasteiger partial charge in [-0.1, -0.05) is 54.6 Å². The minimum atomic E-state index is -1.37. The molecule has 0 saturated heterocycles. The van der Waals surface area contributed by atoms with Crippen LogP contribution >= 0.6 is 0 Å². The van der Waals surface area contributed by atoms with Gasteiger partial charge in [0.15, 0.2) is 6.23 Å². The summed E-state index contributed by atoms with van der Waals surface area (Å²) in [4.78, 5) is 65.2. The van der Waals surface area contributed by atoms with E-state index in [0.29, 0.717) is 50.8 Å². The van der Waals surface area contributed by atoms with E-state index in [9.17, 15) is 29.1 Å². The molecule has 0 aromatic heterocycles. The van der Waals surface area contributed by atoms with Crippen LogP contribution in [0, 0.1) is 0 Å². The number of amides is 5. The lowest BCUT2D eigenvalue weighted by atomic mass is 10.0. The Morgan fingerprint density at radius 2 is 0.567 bits per heavy atom. The highest BCUT2D eigenvalue weighted by atomic mass is 16.3. The zero-order chi connectivity index (χ0) is 41.8. The molecule has 12 nitrogen and oxygen atoms in total. The van der Waals surface area contributed by atoms with Gasteiger partial charge in [-0.15, -0.1) is 0 Å². The highest BCUT2D eigenvalue weighted by Gasteiger charge is 2.18. The van der Waals surface area contributed by atoms with Crippen molar-refractivity contribution < 1.29 is 29.1 Å². The lowest BCUT2D eigenvalue weighted by Gasteiger charge is -2.18. The molecule has 0 aliphatic heterocycles. The number of aliphatic hydroxyl groups is 1. The van der Waals surface area contributed by atoms with Crippen molar-refractivity contribution in [3.63, 3.8) is 0 Å². The summed E-state index contributed by atoms with van der Waals surface area (Å²) in [5.74, 6) is -1.95. The van der Waals surface area contributed by atoms with Gasteiger partial charge in [-0.3, -0.25) is 24.0 Å². The van der Waals surface area contributed by atoms with Crippen LogP contribution < -0.4 is 31.9 Å². The molecule has 0 saturated carbocycles. The molecule has 1 unspecified atom stereocenters. The average Bonchev–Trinajstić information content (AvgIpc) is 3.29. The molecule has 0 aliphatic rings. The van der Waals surface area contributed by atoms with Gasteiger partial charge >= 0.3 is 0 Å². The van der Waals surface area contributed by atoms with E-state index < -0.39 is 18.0 Å². The maximum absolute atomic E-state index is 13.7. The molecule has 7 rings (SSSR count). The Morgan fingerprint density at radius 1 is 0.317 bits per heavy atom. The Hall–Kier alpha value is -8.35. The van der Waals surface area contributed by atoms with Crippen molar-refractivity contribution >= 4 is 63.7 Å². The summed E-state index contributed by atoms with van der Waals surface area (Å²) in [6.45, 7) is 0. The lowest BCUT2D eigenvalue weighted by Crippen LogP contribution is -2.18. The summed E-state index contributed by atoms with van der Waals surface area (Å²) in [6, 6.07) is 50.5. The third kappa shape index (κ3) is 10.5. The third-order valence-corrected chi connectivity index (χ3v) is 9.15. The number of carbonyl (C=O) groups excluding carboxylic acids is 5. The van der Waals surface area contributed by atoms with Crippen LogP contribution in [0.1, 0.15) is 63.6 Å². The van der Waals surface area contributed by atoms with E-state index in [1.165, 1.54) is 18.2 Å². The molecule has 7 N–H and O–H groups in total. The second kappa shape index (κ2) is 18.7. The van der Waals surface area contributed by atoms with Gasteiger partial charge in [-0.2, -0.15) is 0 Å². The number of anilines is 6. The van der Waals surface area contributed by atoms with Gasteiger partial charge in [0.05, 0.1) is 0 Å². The lowest BCUT2D eigenvalue weighted by molar-refractivity contribution is 0.101. The van der Waals surface area contributed by atoms with E-state index in [-0.39, 0.29) is 34.4 Å². The quantitative estimate of drug-likeness (QED) is 0.0570. The van der Waals surface area contributed by atoms with Gasteiger partial charge in [0.1, 0.15) is 0 Å². The Morgan fingerprint density at radius 3 is 0.850 bits per heavy atom. The van der Waals surface area contributed by atoms with E-state index in [4.69, 9.17) is 0 Å². The van der Waals surface area contributed by atoms with Crippen molar-refractivity contribution in [1.82, 2.24) is 0 Å². The van der Waals surface area contributed by atoms with E-state index in [2.05, 4.69) is 31.9 Å². The number of benzene rings is 7. The fourth-order valence-electron chi connectivity index (χ4n) is 6.02. The van der Waals surface area contributed by atoms with Crippen molar-refractivity contribution in [2.45, 2.75) is 6.23 Å². The maximum Gasteiger partial charge on any atom is 0.255 e. The molecule has 0 radical (unpaired) electrons. The first-order valence-corrected chi connectivity index (χ1v) is 18.8. The van der Waals surface area contributed by atoms with E-state index in [1.54, 1.807) is 146 Å². The Balaban J connectivity index is 1.07. The SMILES string of the molecule is O=C(Nc1ccc(NC(=O)c2cc(C(=O)Nc3ccc(NC(=O)c4ccccc4)cc3)cc(C(O)Nc3ccc(NC(=O)c4ccccc4)cc3)c2)cc1)c1ccccc1. The minimum absolute atomic E-state index is 0.0814. The second-order valence-corrected chi connectivity index (χ2v) is 13.5. The molecule has 0 fully saturated rings. The summed E-state index contributed by atoms with van der Waals surface area (Å²) in [5.41, 5.74) is 4.82. The smallest absolute Gasteiger partial charge is 0.255 e. The zero-order valence-corrected chi connectivity index (χ0v) is 31.9. The van der Waals surface area contributed by atoms with Crippen molar-refractivity contribution in [3.8, 4) is 0 Å². The topological polar surface area (TPSA) is 178 Å². The molecule has 0 aliphatic carbocycles. The summed E-state index contributed by atoms with van der Waals surface area (Å²) >= 11 is 0. The predicted molar refractivity (Wildman–Crippen MR) is 233 cm³/mol. The summed E-state index contributed by atoms with van der Waals surface area (Å²) < 4.78 is 0. The largest absolute Gasteiger partial charge is 0.369 e. The van der Waals surface area contributed by atoms with Crippen molar-refractivity contribution in [1.29, 1.82) is 0 Å². The van der Waals surface area contributed by atoms with E-state index in [0.717, 1.165) is 0 Å². The summed E-state index contributed by atoms with van der Waals surface area (Å²) in [6.07, 6.45) is -1.37. The highest BCUT2D eigenvalue weighted by molar-refractivity contribution is 6.10. The van der Waals surface area contributed by atoms with Crippen molar-refractivity contribution in [2.75, 3.05) is 31.9 Å². The average molecular weight is 795 g/mol.